The van der Waals surface area contributed by atoms with Crippen LogP contribution in [0.5, 0.6) is 0 Å². The zero-order valence-electron chi connectivity index (χ0n) is 8.13. The first-order valence-corrected chi connectivity index (χ1v) is 4.69. The minimum absolute atomic E-state index is 0.0385. The molecule has 0 aromatic heterocycles. The molecule has 0 saturated heterocycles. The summed E-state index contributed by atoms with van der Waals surface area (Å²) in [6.45, 7) is 1.35. The number of hydrogen-bond acceptors (Lipinski definition) is 1. The minimum Gasteiger partial charge on any atom is -0.396 e. The second kappa shape index (κ2) is 4.51. The first kappa shape index (κ1) is 11.1. The molecule has 1 aromatic carbocycles. The fourth-order valence-corrected chi connectivity index (χ4v) is 1.46. The molecule has 1 N–H and O–H groups in total. The van der Waals surface area contributed by atoms with Gasteiger partial charge in [-0.2, -0.15) is 0 Å². The van der Waals surface area contributed by atoms with E-state index in [1.54, 1.807) is 18.2 Å². The van der Waals surface area contributed by atoms with E-state index in [0.29, 0.717) is 12.0 Å². The topological polar surface area (TPSA) is 20.2 Å². The second-order valence-electron chi connectivity index (χ2n) is 3.19. The first-order valence-electron chi connectivity index (χ1n) is 4.69. The van der Waals surface area contributed by atoms with Gasteiger partial charge in [-0.25, -0.2) is 8.78 Å². The lowest BCUT2D eigenvalue weighted by molar-refractivity contribution is -0.0276. The normalized spacial score (nSPS) is 11.7. The van der Waals surface area contributed by atoms with Gasteiger partial charge in [0.25, 0.3) is 5.92 Å². The first-order chi connectivity index (χ1) is 6.61. The summed E-state index contributed by atoms with van der Waals surface area (Å²) >= 11 is 0. The van der Waals surface area contributed by atoms with Crippen molar-refractivity contribution in [1.82, 2.24) is 0 Å². The van der Waals surface area contributed by atoms with Crippen LogP contribution in [0.2, 0.25) is 0 Å². The summed E-state index contributed by atoms with van der Waals surface area (Å²) in [6, 6.07) is 6.46. The van der Waals surface area contributed by atoms with Crippen molar-refractivity contribution in [2.75, 3.05) is 6.61 Å². The molecule has 0 amide bonds. The average Bonchev–Trinajstić information content (AvgIpc) is 2.18. The van der Waals surface area contributed by atoms with Crippen molar-refractivity contribution in [3.63, 3.8) is 0 Å². The lowest BCUT2D eigenvalue weighted by atomic mass is 9.98. The highest BCUT2D eigenvalue weighted by molar-refractivity contribution is 5.30. The molecule has 0 saturated carbocycles. The molecule has 0 atom stereocenters. The van der Waals surface area contributed by atoms with Crippen molar-refractivity contribution in [3.05, 3.63) is 35.4 Å². The van der Waals surface area contributed by atoms with Crippen LogP contribution in [0.4, 0.5) is 8.78 Å². The third-order valence-corrected chi connectivity index (χ3v) is 2.22. The Morgan fingerprint density at radius 1 is 1.29 bits per heavy atom. The molecule has 0 bridgehead atoms. The molecule has 1 rings (SSSR count). The van der Waals surface area contributed by atoms with Crippen molar-refractivity contribution in [1.29, 1.82) is 0 Å². The Balaban J connectivity index is 3.04. The number of rotatable bonds is 4. The largest absolute Gasteiger partial charge is 0.396 e. The molecule has 14 heavy (non-hydrogen) atoms. The molecule has 0 aliphatic rings. The van der Waals surface area contributed by atoms with Gasteiger partial charge in [-0.05, 0) is 12.0 Å². The molecule has 78 valence electrons. The van der Waals surface area contributed by atoms with Gasteiger partial charge in [0, 0.05) is 18.6 Å². The number of halogens is 2. The fraction of sp³-hybridized carbons (Fsp3) is 0.455. The van der Waals surface area contributed by atoms with E-state index in [4.69, 9.17) is 5.11 Å². The van der Waals surface area contributed by atoms with Crippen LogP contribution >= 0.6 is 0 Å². The van der Waals surface area contributed by atoms with Gasteiger partial charge < -0.3 is 5.11 Å². The van der Waals surface area contributed by atoms with Gasteiger partial charge in [0.2, 0.25) is 0 Å². The van der Waals surface area contributed by atoms with Gasteiger partial charge in [0.15, 0.2) is 0 Å². The van der Waals surface area contributed by atoms with Crippen molar-refractivity contribution in [2.24, 2.45) is 0 Å². The van der Waals surface area contributed by atoms with E-state index in [1.165, 1.54) is 6.07 Å². The van der Waals surface area contributed by atoms with Gasteiger partial charge in [-0.1, -0.05) is 31.2 Å². The Labute approximate surface area is 82.4 Å². The number of hydrogen-bond donors (Lipinski definition) is 1. The molecule has 0 fully saturated rings. The zero-order valence-corrected chi connectivity index (χ0v) is 8.13. The number of alkyl halides is 2. The van der Waals surface area contributed by atoms with E-state index >= 15 is 0 Å². The van der Waals surface area contributed by atoms with Crippen LogP contribution < -0.4 is 0 Å². The Morgan fingerprint density at radius 3 is 2.50 bits per heavy atom. The van der Waals surface area contributed by atoms with Gasteiger partial charge in [0.05, 0.1) is 0 Å². The van der Waals surface area contributed by atoms with Crippen LogP contribution in [0.15, 0.2) is 24.3 Å². The van der Waals surface area contributed by atoms with Gasteiger partial charge in [0.1, 0.15) is 0 Å². The predicted molar refractivity (Wildman–Crippen MR) is 51.4 cm³/mol. The second-order valence-corrected chi connectivity index (χ2v) is 3.19. The zero-order chi connectivity index (χ0) is 10.6. The molecule has 1 nitrogen and oxygen atoms in total. The van der Waals surface area contributed by atoms with Crippen molar-refractivity contribution >= 4 is 0 Å². The molecule has 0 spiro atoms. The molecule has 0 aliphatic heterocycles. The van der Waals surface area contributed by atoms with E-state index in [-0.39, 0.29) is 5.56 Å². The van der Waals surface area contributed by atoms with E-state index in [9.17, 15) is 8.78 Å². The molecule has 3 heteroatoms. The maximum absolute atomic E-state index is 13.4. The van der Waals surface area contributed by atoms with Crippen LogP contribution in [0.1, 0.15) is 24.5 Å². The summed E-state index contributed by atoms with van der Waals surface area (Å²) in [5.41, 5.74) is 0.683. The molecule has 0 heterocycles. The highest BCUT2D eigenvalue weighted by Gasteiger charge is 2.32. The SMILES string of the molecule is CCc1ccccc1C(F)(F)CCO. The van der Waals surface area contributed by atoms with Crippen LogP contribution in [0.3, 0.4) is 0 Å². The Kier molecular flexibility index (Phi) is 3.58. The maximum Gasteiger partial charge on any atom is 0.275 e. The monoisotopic (exact) mass is 200 g/mol. The summed E-state index contributed by atoms with van der Waals surface area (Å²) in [5, 5.41) is 8.55. The highest BCUT2D eigenvalue weighted by atomic mass is 19.3. The lowest BCUT2D eigenvalue weighted by Crippen LogP contribution is -2.17. The number of aryl methyl sites for hydroxylation is 1. The van der Waals surface area contributed by atoms with E-state index in [1.807, 2.05) is 6.92 Å². The molecule has 0 unspecified atom stereocenters. The van der Waals surface area contributed by atoms with Crippen LogP contribution in [0.25, 0.3) is 0 Å². The number of aliphatic hydroxyl groups excluding tert-OH is 1. The smallest absolute Gasteiger partial charge is 0.275 e. The number of benzene rings is 1. The van der Waals surface area contributed by atoms with Crippen LogP contribution in [-0.2, 0) is 12.3 Å². The summed E-state index contributed by atoms with van der Waals surface area (Å²) in [7, 11) is 0. The van der Waals surface area contributed by atoms with Gasteiger partial charge >= 0.3 is 0 Å². The predicted octanol–water partition coefficient (Wildman–Crippen LogP) is 2.72. The minimum atomic E-state index is -2.92. The maximum atomic E-state index is 13.4. The van der Waals surface area contributed by atoms with Crippen LogP contribution in [0, 0.1) is 0 Å². The summed E-state index contributed by atoms with van der Waals surface area (Å²) in [5.74, 6) is -2.92. The van der Waals surface area contributed by atoms with Crippen molar-refractivity contribution in [2.45, 2.75) is 25.7 Å². The van der Waals surface area contributed by atoms with Crippen LogP contribution in [-0.4, -0.2) is 11.7 Å². The van der Waals surface area contributed by atoms with Gasteiger partial charge in [-0.15, -0.1) is 0 Å². The molecule has 1 aromatic rings. The highest BCUT2D eigenvalue weighted by Crippen LogP contribution is 2.33. The van der Waals surface area contributed by atoms with Gasteiger partial charge in [-0.3, -0.25) is 0 Å². The summed E-state index contributed by atoms with van der Waals surface area (Å²) in [4.78, 5) is 0. The molecule has 0 radical (unpaired) electrons. The van der Waals surface area contributed by atoms with Crippen molar-refractivity contribution in [3.8, 4) is 0 Å². The Hall–Kier alpha value is -0.960. The average molecular weight is 200 g/mol. The van der Waals surface area contributed by atoms with E-state index in [0.717, 1.165) is 0 Å². The summed E-state index contributed by atoms with van der Waals surface area (Å²) in [6.07, 6.45) is 0.0706. The molecular formula is C11H14F2O. The third kappa shape index (κ3) is 2.29. The fourth-order valence-electron chi connectivity index (χ4n) is 1.46. The Morgan fingerprint density at radius 2 is 1.93 bits per heavy atom. The number of aliphatic hydroxyl groups is 1. The quantitative estimate of drug-likeness (QED) is 0.792. The third-order valence-electron chi connectivity index (χ3n) is 2.22. The molecular weight excluding hydrogens is 186 g/mol. The Bertz CT molecular complexity index is 297. The molecule has 0 aliphatic carbocycles. The lowest BCUT2D eigenvalue weighted by Gasteiger charge is -2.18. The van der Waals surface area contributed by atoms with E-state index in [2.05, 4.69) is 0 Å². The van der Waals surface area contributed by atoms with E-state index < -0.39 is 19.0 Å². The van der Waals surface area contributed by atoms with Crippen molar-refractivity contribution < 1.29 is 13.9 Å². The summed E-state index contributed by atoms with van der Waals surface area (Å²) < 4.78 is 26.9. The standard InChI is InChI=1S/C11H14F2O/c1-2-9-5-3-4-6-10(9)11(12,13)7-8-14/h3-6,14H,2,7-8H2,1H3.